The largest absolute Gasteiger partial charge is 0.379 e. The minimum Gasteiger partial charge on any atom is -0.379 e. The number of alkyl halides is 1. The number of hydrogen-bond acceptors (Lipinski definition) is 2. The molecule has 1 atom stereocenters. The van der Waals surface area contributed by atoms with Gasteiger partial charge in [-0.05, 0) is 12.8 Å². The van der Waals surface area contributed by atoms with E-state index in [9.17, 15) is 0 Å². The molecule has 2 nitrogen and oxygen atoms in total. The first-order valence-corrected chi connectivity index (χ1v) is 4.31. The van der Waals surface area contributed by atoms with Gasteiger partial charge in [0.2, 0.25) is 0 Å². The molecule has 0 radical (unpaired) electrons. The molecule has 0 spiro atoms. The summed E-state index contributed by atoms with van der Waals surface area (Å²) in [5.74, 6) is 0. The first kappa shape index (κ1) is 7.51. The monoisotopic (exact) mass is 194 g/mol. The standard InChI is InChI=1S/C6H11BrO2/c7-5-9-6-2-1-3-8-4-6/h6H,1-5H2. The van der Waals surface area contributed by atoms with Gasteiger partial charge < -0.3 is 9.47 Å². The number of ether oxygens (including phenoxy) is 2. The van der Waals surface area contributed by atoms with Crippen LogP contribution in [0, 0.1) is 0 Å². The molecule has 0 aromatic carbocycles. The predicted molar refractivity (Wildman–Crippen MR) is 38.7 cm³/mol. The number of hydrogen-bond donors (Lipinski definition) is 0. The fraction of sp³-hybridized carbons (Fsp3) is 1.00. The first-order valence-electron chi connectivity index (χ1n) is 3.19. The molecule has 1 saturated heterocycles. The van der Waals surface area contributed by atoms with E-state index < -0.39 is 0 Å². The summed E-state index contributed by atoms with van der Waals surface area (Å²) >= 11 is 3.21. The van der Waals surface area contributed by atoms with Crippen molar-refractivity contribution in [3.05, 3.63) is 0 Å². The molecule has 3 heteroatoms. The second kappa shape index (κ2) is 4.25. The topological polar surface area (TPSA) is 18.5 Å². The summed E-state index contributed by atoms with van der Waals surface area (Å²) in [6.45, 7) is 1.67. The quantitative estimate of drug-likeness (QED) is 0.622. The maximum Gasteiger partial charge on any atom is 0.102 e. The van der Waals surface area contributed by atoms with Crippen molar-refractivity contribution in [1.29, 1.82) is 0 Å². The molecule has 54 valence electrons. The molecular weight excluding hydrogens is 184 g/mol. The summed E-state index contributed by atoms with van der Waals surface area (Å²) in [6.07, 6.45) is 2.61. The molecular formula is C6H11BrO2. The Bertz CT molecular complexity index is 68.7. The summed E-state index contributed by atoms with van der Waals surface area (Å²) in [5, 5.41) is 0. The molecule has 1 rings (SSSR count). The van der Waals surface area contributed by atoms with Crippen LogP contribution in [-0.2, 0) is 9.47 Å². The highest BCUT2D eigenvalue weighted by Gasteiger charge is 2.12. The van der Waals surface area contributed by atoms with E-state index in [1.807, 2.05) is 0 Å². The first-order chi connectivity index (χ1) is 4.43. The lowest BCUT2D eigenvalue weighted by Crippen LogP contribution is -2.24. The molecule has 1 unspecified atom stereocenters. The maximum atomic E-state index is 5.27. The van der Waals surface area contributed by atoms with Crippen molar-refractivity contribution in [3.8, 4) is 0 Å². The average molecular weight is 195 g/mol. The molecule has 0 bridgehead atoms. The smallest absolute Gasteiger partial charge is 0.102 e. The van der Waals surface area contributed by atoms with Crippen molar-refractivity contribution in [2.24, 2.45) is 0 Å². The van der Waals surface area contributed by atoms with Gasteiger partial charge in [-0.3, -0.25) is 0 Å². The van der Waals surface area contributed by atoms with Crippen molar-refractivity contribution in [1.82, 2.24) is 0 Å². The van der Waals surface area contributed by atoms with Crippen molar-refractivity contribution < 1.29 is 9.47 Å². The molecule has 9 heavy (non-hydrogen) atoms. The second-order valence-electron chi connectivity index (χ2n) is 2.11. The van der Waals surface area contributed by atoms with Gasteiger partial charge in [0.25, 0.3) is 0 Å². The molecule has 1 heterocycles. The van der Waals surface area contributed by atoms with Crippen molar-refractivity contribution >= 4 is 15.9 Å². The van der Waals surface area contributed by atoms with Gasteiger partial charge in [0, 0.05) is 6.61 Å². The normalized spacial score (nSPS) is 28.3. The number of halogens is 1. The maximum absolute atomic E-state index is 5.27. The minimum atomic E-state index is 0.332. The van der Waals surface area contributed by atoms with Crippen LogP contribution in [0.3, 0.4) is 0 Å². The molecule has 1 fully saturated rings. The SMILES string of the molecule is BrCOC1CCCOC1. The van der Waals surface area contributed by atoms with E-state index in [1.165, 1.54) is 0 Å². The zero-order valence-electron chi connectivity index (χ0n) is 5.31. The van der Waals surface area contributed by atoms with Crippen LogP contribution in [0.1, 0.15) is 12.8 Å². The van der Waals surface area contributed by atoms with E-state index in [2.05, 4.69) is 15.9 Å². The third kappa shape index (κ3) is 2.65. The van der Waals surface area contributed by atoms with E-state index in [0.29, 0.717) is 11.6 Å². The van der Waals surface area contributed by atoms with E-state index in [4.69, 9.17) is 9.47 Å². The van der Waals surface area contributed by atoms with Crippen molar-refractivity contribution in [2.75, 3.05) is 18.7 Å². The highest BCUT2D eigenvalue weighted by atomic mass is 79.9. The Labute approximate surface area is 63.7 Å². The van der Waals surface area contributed by atoms with Crippen LogP contribution >= 0.6 is 15.9 Å². The molecule has 0 amide bonds. The third-order valence-corrected chi connectivity index (χ3v) is 1.68. The van der Waals surface area contributed by atoms with Crippen LogP contribution in [0.25, 0.3) is 0 Å². The molecule has 0 saturated carbocycles. The van der Waals surface area contributed by atoms with Crippen LogP contribution in [-0.4, -0.2) is 24.8 Å². The lowest BCUT2D eigenvalue weighted by molar-refractivity contribution is -0.0331. The zero-order chi connectivity index (χ0) is 6.53. The molecule has 1 aliphatic heterocycles. The minimum absolute atomic E-state index is 0.332. The molecule has 0 aromatic heterocycles. The average Bonchev–Trinajstić information content (AvgIpc) is 1.91. The highest BCUT2D eigenvalue weighted by Crippen LogP contribution is 2.09. The Hall–Kier alpha value is 0.400. The molecule has 0 aliphatic carbocycles. The van der Waals surface area contributed by atoms with Crippen LogP contribution in [0.5, 0.6) is 0 Å². The van der Waals surface area contributed by atoms with E-state index in [-0.39, 0.29) is 0 Å². The second-order valence-corrected chi connectivity index (χ2v) is 2.57. The molecule has 0 aromatic rings. The van der Waals surface area contributed by atoms with E-state index >= 15 is 0 Å². The molecule has 1 aliphatic rings. The summed E-state index contributed by atoms with van der Waals surface area (Å²) < 4.78 is 10.5. The van der Waals surface area contributed by atoms with Gasteiger partial charge in [0.1, 0.15) is 5.52 Å². The van der Waals surface area contributed by atoms with E-state index in [0.717, 1.165) is 26.1 Å². The van der Waals surface area contributed by atoms with Gasteiger partial charge in [0.15, 0.2) is 0 Å². The van der Waals surface area contributed by atoms with Gasteiger partial charge in [-0.25, -0.2) is 0 Å². The highest BCUT2D eigenvalue weighted by molar-refractivity contribution is 9.09. The summed E-state index contributed by atoms with van der Waals surface area (Å²) in [7, 11) is 0. The van der Waals surface area contributed by atoms with Crippen molar-refractivity contribution in [2.45, 2.75) is 18.9 Å². The van der Waals surface area contributed by atoms with Gasteiger partial charge in [-0.2, -0.15) is 0 Å². The van der Waals surface area contributed by atoms with Gasteiger partial charge >= 0.3 is 0 Å². The Morgan fingerprint density at radius 3 is 3.11 bits per heavy atom. The van der Waals surface area contributed by atoms with Gasteiger partial charge in [0.05, 0.1) is 12.7 Å². The molecule has 0 N–H and O–H groups in total. The summed E-state index contributed by atoms with van der Waals surface area (Å²) in [5.41, 5.74) is 0.626. The van der Waals surface area contributed by atoms with Crippen LogP contribution in [0.4, 0.5) is 0 Å². The van der Waals surface area contributed by atoms with E-state index in [1.54, 1.807) is 0 Å². The lowest BCUT2D eigenvalue weighted by Gasteiger charge is -2.20. The van der Waals surface area contributed by atoms with Crippen LogP contribution < -0.4 is 0 Å². The number of rotatable bonds is 2. The Morgan fingerprint density at radius 1 is 1.67 bits per heavy atom. The lowest BCUT2D eigenvalue weighted by atomic mass is 10.2. The van der Waals surface area contributed by atoms with Crippen molar-refractivity contribution in [3.63, 3.8) is 0 Å². The Balaban J connectivity index is 2.08. The summed E-state index contributed by atoms with van der Waals surface area (Å²) in [6, 6.07) is 0. The van der Waals surface area contributed by atoms with Gasteiger partial charge in [-0.15, -0.1) is 0 Å². The van der Waals surface area contributed by atoms with Gasteiger partial charge in [-0.1, -0.05) is 15.9 Å². The Kier molecular flexibility index (Phi) is 3.55. The zero-order valence-corrected chi connectivity index (χ0v) is 6.89. The van der Waals surface area contributed by atoms with Crippen LogP contribution in [0.15, 0.2) is 0 Å². The van der Waals surface area contributed by atoms with Crippen LogP contribution in [0.2, 0.25) is 0 Å². The Morgan fingerprint density at radius 2 is 2.56 bits per heavy atom. The predicted octanol–water partition coefficient (Wildman–Crippen LogP) is 1.53. The third-order valence-electron chi connectivity index (χ3n) is 1.42. The summed E-state index contributed by atoms with van der Waals surface area (Å²) in [4.78, 5) is 0. The fourth-order valence-corrected chi connectivity index (χ4v) is 1.31. The fourth-order valence-electron chi connectivity index (χ4n) is 0.932.